The van der Waals surface area contributed by atoms with Gasteiger partial charge >= 0.3 is 11.9 Å². The summed E-state index contributed by atoms with van der Waals surface area (Å²) >= 11 is 0. The second-order valence-electron chi connectivity index (χ2n) is 5.35. The molecule has 11 nitrogen and oxygen atoms in total. The van der Waals surface area contributed by atoms with E-state index in [0.717, 1.165) is 12.2 Å². The highest BCUT2D eigenvalue weighted by molar-refractivity contribution is 6.07. The molecular weight excluding hydrogens is 360 g/mol. The van der Waals surface area contributed by atoms with Gasteiger partial charge < -0.3 is 20.9 Å². The summed E-state index contributed by atoms with van der Waals surface area (Å²) in [7, 11) is 0. The topological polar surface area (TPSA) is 184 Å². The number of ether oxygens (including phenoxy) is 1. The third-order valence-corrected chi connectivity index (χ3v) is 3.40. The second kappa shape index (κ2) is 8.58. The third-order valence-electron chi connectivity index (χ3n) is 3.40. The number of nitrogens with one attached hydrogen (secondary N) is 3. The van der Waals surface area contributed by atoms with E-state index in [9.17, 15) is 24.0 Å². The molecule has 0 fully saturated rings. The van der Waals surface area contributed by atoms with E-state index >= 15 is 0 Å². The first kappa shape index (κ1) is 19.6. The number of H-pyrrole nitrogens is 2. The highest BCUT2D eigenvalue weighted by Crippen LogP contribution is 2.16. The highest BCUT2D eigenvalue weighted by atomic mass is 16.5. The molecule has 0 aliphatic carbocycles. The monoisotopic (exact) mass is 376 g/mol. The lowest BCUT2D eigenvalue weighted by Gasteiger charge is -2.12. The van der Waals surface area contributed by atoms with Gasteiger partial charge in [0.2, 0.25) is 5.91 Å². The minimum absolute atomic E-state index is 0.0183. The number of nitrogens with two attached hydrogens (primary N) is 1. The lowest BCUT2D eigenvalue weighted by Crippen LogP contribution is -2.28. The van der Waals surface area contributed by atoms with E-state index in [4.69, 9.17) is 15.6 Å². The van der Waals surface area contributed by atoms with Crippen LogP contribution < -0.4 is 22.2 Å². The highest BCUT2D eigenvalue weighted by Gasteiger charge is 2.15. The number of rotatable bonds is 7. The summed E-state index contributed by atoms with van der Waals surface area (Å²) in [5.74, 6) is -2.90. The summed E-state index contributed by atoms with van der Waals surface area (Å²) in [5, 5.41) is 15.4. The van der Waals surface area contributed by atoms with Gasteiger partial charge in [-0.2, -0.15) is 0 Å². The van der Waals surface area contributed by atoms with E-state index in [1.165, 1.54) is 18.2 Å². The van der Waals surface area contributed by atoms with E-state index in [0.29, 0.717) is 0 Å². The molecule has 2 aromatic rings. The Morgan fingerprint density at radius 3 is 2.56 bits per heavy atom. The summed E-state index contributed by atoms with van der Waals surface area (Å²) in [6.45, 7) is -0.189. The zero-order valence-electron chi connectivity index (χ0n) is 13.9. The van der Waals surface area contributed by atoms with Gasteiger partial charge in [0.25, 0.3) is 11.1 Å². The number of esters is 1. The number of aromatic nitrogens is 2. The Kier molecular flexibility index (Phi) is 6.23. The van der Waals surface area contributed by atoms with E-state index in [1.807, 2.05) is 0 Å². The van der Waals surface area contributed by atoms with Crippen molar-refractivity contribution >= 4 is 34.3 Å². The molecular formula is C16H16N4O7. The smallest absolute Gasteiger partial charge is 0.331 e. The Bertz CT molecular complexity index is 1020. The van der Waals surface area contributed by atoms with Crippen LogP contribution in [0, 0.1) is 0 Å². The predicted octanol–water partition coefficient (Wildman–Crippen LogP) is -0.944. The summed E-state index contributed by atoms with van der Waals surface area (Å²) in [4.78, 5) is 57.8. The fourth-order valence-corrected chi connectivity index (χ4v) is 2.22. The molecule has 2 rings (SSSR count). The van der Waals surface area contributed by atoms with Crippen molar-refractivity contribution in [2.45, 2.75) is 12.5 Å². The molecule has 1 heterocycles. The number of hydrogen-bond acceptors (Lipinski definition) is 7. The van der Waals surface area contributed by atoms with Crippen LogP contribution in [0.3, 0.4) is 0 Å². The van der Waals surface area contributed by atoms with Crippen molar-refractivity contribution in [3.8, 4) is 0 Å². The Hall–Kier alpha value is -3.73. The molecule has 0 radical (unpaired) electrons. The predicted molar refractivity (Wildman–Crippen MR) is 94.1 cm³/mol. The van der Waals surface area contributed by atoms with Gasteiger partial charge in [-0.15, -0.1) is 0 Å². The van der Waals surface area contributed by atoms with E-state index in [2.05, 4.69) is 15.5 Å². The van der Waals surface area contributed by atoms with Crippen LogP contribution in [0.5, 0.6) is 0 Å². The molecule has 27 heavy (non-hydrogen) atoms. The van der Waals surface area contributed by atoms with Gasteiger partial charge in [-0.1, -0.05) is 6.07 Å². The molecule has 0 saturated carbocycles. The minimum atomic E-state index is -1.18. The number of carboxylic acid groups (broad SMARTS) is 1. The van der Waals surface area contributed by atoms with Gasteiger partial charge in [0.15, 0.2) is 0 Å². The normalized spacial score (nSPS) is 12.0. The van der Waals surface area contributed by atoms with Crippen LogP contribution in [0.4, 0.5) is 5.69 Å². The van der Waals surface area contributed by atoms with Crippen molar-refractivity contribution in [1.29, 1.82) is 0 Å². The Morgan fingerprint density at radius 2 is 1.89 bits per heavy atom. The quantitative estimate of drug-likeness (QED) is 0.302. The van der Waals surface area contributed by atoms with Crippen LogP contribution in [0.25, 0.3) is 10.8 Å². The molecule has 1 amide bonds. The lowest BCUT2D eigenvalue weighted by atomic mass is 10.1. The van der Waals surface area contributed by atoms with E-state index in [-0.39, 0.29) is 23.0 Å². The van der Waals surface area contributed by atoms with Crippen molar-refractivity contribution in [1.82, 2.24) is 10.2 Å². The molecule has 0 spiro atoms. The maximum absolute atomic E-state index is 12.0. The number of benzene rings is 1. The maximum Gasteiger partial charge on any atom is 0.331 e. The van der Waals surface area contributed by atoms with Gasteiger partial charge in [0.05, 0.1) is 22.9 Å². The van der Waals surface area contributed by atoms with Crippen molar-refractivity contribution in [3.05, 3.63) is 51.1 Å². The Morgan fingerprint density at radius 1 is 1.19 bits per heavy atom. The van der Waals surface area contributed by atoms with Crippen LogP contribution in [0.15, 0.2) is 39.9 Å². The Labute approximate surface area is 150 Å². The molecule has 11 heteroatoms. The zero-order valence-corrected chi connectivity index (χ0v) is 13.9. The van der Waals surface area contributed by atoms with Gasteiger partial charge in [-0.3, -0.25) is 29.4 Å². The molecule has 1 unspecified atom stereocenters. The third kappa shape index (κ3) is 5.12. The number of carbonyl (C=O) groups is 3. The number of hydrogen-bond donors (Lipinski definition) is 5. The Balaban J connectivity index is 2.11. The number of amides is 1. The number of anilines is 1. The lowest BCUT2D eigenvalue weighted by molar-refractivity contribution is -0.148. The largest absolute Gasteiger partial charge is 0.481 e. The molecule has 0 bridgehead atoms. The van der Waals surface area contributed by atoms with Crippen LogP contribution in [0.2, 0.25) is 0 Å². The molecule has 6 N–H and O–H groups in total. The van der Waals surface area contributed by atoms with E-state index < -0.39 is 41.5 Å². The van der Waals surface area contributed by atoms with Gasteiger partial charge in [-0.25, -0.2) is 4.79 Å². The van der Waals surface area contributed by atoms with Crippen LogP contribution in [-0.2, 0) is 19.1 Å². The number of aliphatic carboxylic acids is 1. The second-order valence-corrected chi connectivity index (χ2v) is 5.35. The average Bonchev–Trinajstić information content (AvgIpc) is 2.62. The van der Waals surface area contributed by atoms with E-state index in [1.54, 1.807) is 0 Å². The van der Waals surface area contributed by atoms with Crippen molar-refractivity contribution in [2.75, 3.05) is 11.9 Å². The van der Waals surface area contributed by atoms with Crippen molar-refractivity contribution < 1.29 is 24.2 Å². The van der Waals surface area contributed by atoms with Crippen LogP contribution in [-0.4, -0.2) is 45.8 Å². The molecule has 1 aromatic heterocycles. The van der Waals surface area contributed by atoms with Crippen molar-refractivity contribution in [2.24, 2.45) is 5.73 Å². The molecule has 0 aliphatic rings. The molecule has 142 valence electrons. The van der Waals surface area contributed by atoms with Crippen LogP contribution >= 0.6 is 0 Å². The first-order valence-corrected chi connectivity index (χ1v) is 7.67. The van der Waals surface area contributed by atoms with Crippen LogP contribution in [0.1, 0.15) is 6.42 Å². The minimum Gasteiger partial charge on any atom is -0.481 e. The number of carbonyl (C=O) groups excluding carboxylic acids is 2. The molecule has 0 saturated heterocycles. The first-order valence-electron chi connectivity index (χ1n) is 7.67. The summed E-state index contributed by atoms with van der Waals surface area (Å²) in [6.07, 6.45) is 0.153. The standard InChI is InChI=1S/C16H16N4O7/c17-7-8(6-12(22)23)27-13(24)5-4-11(21)18-10-3-1-2-9-14(10)16(26)20-19-15(9)25/h1-5,8H,6-7,17H2,(H,18,21)(H,19,25)(H,20,26)(H,22,23)/b5-4+. The summed E-state index contributed by atoms with van der Waals surface area (Å²) in [6, 6.07) is 4.31. The van der Waals surface area contributed by atoms with Gasteiger partial charge in [-0.05, 0) is 12.1 Å². The number of aromatic amines is 2. The molecule has 1 aromatic carbocycles. The fraction of sp³-hybridized carbons (Fsp3) is 0.188. The maximum atomic E-state index is 12.0. The molecule has 0 aliphatic heterocycles. The SMILES string of the molecule is NCC(CC(=O)O)OC(=O)/C=C/C(=O)Nc1cccc2c(=O)[nH][nH]c(=O)c12. The summed E-state index contributed by atoms with van der Waals surface area (Å²) in [5.41, 5.74) is 4.24. The van der Waals surface area contributed by atoms with Gasteiger partial charge in [0.1, 0.15) is 6.10 Å². The summed E-state index contributed by atoms with van der Waals surface area (Å²) < 4.78 is 4.80. The fourth-order valence-electron chi connectivity index (χ4n) is 2.22. The number of fused-ring (bicyclic) bond motifs is 1. The average molecular weight is 376 g/mol. The zero-order chi connectivity index (χ0) is 20.0. The van der Waals surface area contributed by atoms with Crippen molar-refractivity contribution in [3.63, 3.8) is 0 Å². The molecule has 1 atom stereocenters. The first-order chi connectivity index (χ1) is 12.8. The number of carboxylic acids is 1. The van der Waals surface area contributed by atoms with Gasteiger partial charge in [0, 0.05) is 18.7 Å².